The average molecular weight is 284 g/mol. The summed E-state index contributed by atoms with van der Waals surface area (Å²) in [4.78, 5) is 13.9. The van der Waals surface area contributed by atoms with Crippen molar-refractivity contribution in [2.75, 3.05) is 19.6 Å². The molecule has 4 nitrogen and oxygen atoms in total. The largest absolute Gasteiger partial charge is 0.444 e. The van der Waals surface area contributed by atoms with Gasteiger partial charge < -0.3 is 15.0 Å². The minimum Gasteiger partial charge on any atom is -0.444 e. The van der Waals surface area contributed by atoms with Crippen LogP contribution in [-0.4, -0.2) is 42.3 Å². The number of carbonyl (C=O) groups excluding carboxylic acids is 1. The van der Waals surface area contributed by atoms with Crippen LogP contribution < -0.4 is 5.32 Å². The van der Waals surface area contributed by atoms with Crippen molar-refractivity contribution in [3.8, 4) is 0 Å². The summed E-state index contributed by atoms with van der Waals surface area (Å²) in [6.45, 7) is 12.8. The van der Waals surface area contributed by atoms with Gasteiger partial charge in [0, 0.05) is 19.1 Å². The van der Waals surface area contributed by atoms with E-state index < -0.39 is 5.60 Å². The maximum atomic E-state index is 12.1. The Hall–Kier alpha value is -0.770. The molecule has 1 N–H and O–H groups in total. The Morgan fingerprint density at radius 3 is 2.75 bits per heavy atom. The van der Waals surface area contributed by atoms with Crippen molar-refractivity contribution in [1.29, 1.82) is 0 Å². The third kappa shape index (κ3) is 6.60. The van der Waals surface area contributed by atoms with E-state index in [-0.39, 0.29) is 6.09 Å². The van der Waals surface area contributed by atoms with Crippen molar-refractivity contribution in [3.05, 3.63) is 0 Å². The van der Waals surface area contributed by atoms with Crippen molar-refractivity contribution < 1.29 is 9.53 Å². The number of ether oxygens (including phenoxy) is 1. The van der Waals surface area contributed by atoms with Crippen molar-refractivity contribution in [2.45, 2.75) is 71.9 Å². The second-order valence-electron chi connectivity index (χ2n) is 7.03. The van der Waals surface area contributed by atoms with Crippen LogP contribution in [0.25, 0.3) is 0 Å². The van der Waals surface area contributed by atoms with E-state index >= 15 is 0 Å². The molecule has 1 fully saturated rings. The van der Waals surface area contributed by atoms with E-state index in [1.807, 2.05) is 25.7 Å². The maximum absolute atomic E-state index is 12.1. The van der Waals surface area contributed by atoms with E-state index in [2.05, 4.69) is 19.2 Å². The van der Waals surface area contributed by atoms with E-state index in [0.717, 1.165) is 26.1 Å². The summed E-state index contributed by atoms with van der Waals surface area (Å²) in [5.41, 5.74) is -0.405. The zero-order valence-corrected chi connectivity index (χ0v) is 13.9. The molecule has 0 aromatic rings. The van der Waals surface area contributed by atoms with Gasteiger partial charge in [0.05, 0.1) is 0 Å². The van der Waals surface area contributed by atoms with Crippen LogP contribution in [0, 0.1) is 5.92 Å². The first-order valence-electron chi connectivity index (χ1n) is 8.03. The lowest BCUT2D eigenvalue weighted by molar-refractivity contribution is 0.0165. The summed E-state index contributed by atoms with van der Waals surface area (Å²) in [7, 11) is 0. The molecule has 0 bridgehead atoms. The van der Waals surface area contributed by atoms with Crippen molar-refractivity contribution in [2.24, 2.45) is 5.92 Å². The molecule has 1 saturated heterocycles. The van der Waals surface area contributed by atoms with Gasteiger partial charge in [0.25, 0.3) is 0 Å². The fraction of sp³-hybridized carbons (Fsp3) is 0.938. The molecule has 0 aromatic heterocycles. The summed E-state index contributed by atoms with van der Waals surface area (Å²) in [6.07, 6.45) is 4.54. The number of nitrogens with zero attached hydrogens (tertiary/aromatic N) is 1. The summed E-state index contributed by atoms with van der Waals surface area (Å²) < 4.78 is 5.46. The quantitative estimate of drug-likeness (QED) is 0.841. The van der Waals surface area contributed by atoms with Crippen molar-refractivity contribution in [3.63, 3.8) is 0 Å². The summed E-state index contributed by atoms with van der Waals surface area (Å²) in [6, 6.07) is 0.567. The molecule has 1 amide bonds. The zero-order valence-electron chi connectivity index (χ0n) is 13.9. The molecule has 0 saturated carbocycles. The van der Waals surface area contributed by atoms with Gasteiger partial charge in [0.2, 0.25) is 0 Å². The number of rotatable bonds is 5. The fourth-order valence-corrected chi connectivity index (χ4v) is 2.63. The van der Waals surface area contributed by atoms with Gasteiger partial charge in [0.15, 0.2) is 0 Å². The molecule has 0 aromatic carbocycles. The predicted octanol–water partition coefficient (Wildman–Crippen LogP) is 3.41. The third-order valence-corrected chi connectivity index (χ3v) is 3.65. The van der Waals surface area contributed by atoms with Crippen LogP contribution in [-0.2, 0) is 4.74 Å². The Morgan fingerprint density at radius 2 is 2.15 bits per heavy atom. The highest BCUT2D eigenvalue weighted by Gasteiger charge is 2.27. The van der Waals surface area contributed by atoms with Gasteiger partial charge in [-0.05, 0) is 59.4 Å². The molecule has 0 radical (unpaired) electrons. The topological polar surface area (TPSA) is 41.6 Å². The van der Waals surface area contributed by atoms with Gasteiger partial charge in [-0.1, -0.05) is 13.3 Å². The fourth-order valence-electron chi connectivity index (χ4n) is 2.63. The Kier molecular flexibility index (Phi) is 6.80. The Labute approximate surface area is 124 Å². The molecule has 20 heavy (non-hydrogen) atoms. The lowest BCUT2D eigenvalue weighted by Crippen LogP contribution is -2.45. The normalized spacial score (nSPS) is 21.6. The minimum atomic E-state index is -0.405. The number of likely N-dealkylation sites (tertiary alicyclic amines) is 1. The first-order valence-corrected chi connectivity index (χ1v) is 8.03. The second-order valence-corrected chi connectivity index (χ2v) is 7.03. The van der Waals surface area contributed by atoms with Crippen LogP contribution in [0.15, 0.2) is 0 Å². The Bertz CT molecular complexity index is 299. The third-order valence-electron chi connectivity index (χ3n) is 3.65. The van der Waals surface area contributed by atoms with Gasteiger partial charge >= 0.3 is 6.09 Å². The molecular formula is C16H32N2O2. The van der Waals surface area contributed by atoms with Crippen LogP contribution in [0.2, 0.25) is 0 Å². The molecule has 4 heteroatoms. The molecule has 2 atom stereocenters. The number of nitrogens with one attached hydrogen (secondary N) is 1. The van der Waals surface area contributed by atoms with Crippen molar-refractivity contribution >= 4 is 6.09 Å². The highest BCUT2D eigenvalue weighted by atomic mass is 16.6. The minimum absolute atomic E-state index is 0.163. The molecule has 2 unspecified atom stereocenters. The SMILES string of the molecule is CCCC(C)NCC1CCCN(C(=O)OC(C)(C)C)C1. The van der Waals surface area contributed by atoms with Gasteiger partial charge in [-0.3, -0.25) is 0 Å². The van der Waals surface area contributed by atoms with E-state index in [0.29, 0.717) is 12.0 Å². The van der Waals surface area contributed by atoms with E-state index in [1.165, 1.54) is 19.3 Å². The van der Waals surface area contributed by atoms with Crippen LogP contribution in [0.1, 0.15) is 60.3 Å². The number of hydrogen-bond acceptors (Lipinski definition) is 3. The number of hydrogen-bond donors (Lipinski definition) is 1. The van der Waals surface area contributed by atoms with E-state index in [4.69, 9.17) is 4.74 Å². The second kappa shape index (κ2) is 7.87. The van der Waals surface area contributed by atoms with Crippen LogP contribution >= 0.6 is 0 Å². The van der Waals surface area contributed by atoms with Gasteiger partial charge in [0.1, 0.15) is 5.60 Å². The lowest BCUT2D eigenvalue weighted by atomic mass is 9.98. The summed E-state index contributed by atoms with van der Waals surface area (Å²) in [5.74, 6) is 0.551. The molecule has 1 rings (SSSR count). The molecule has 0 spiro atoms. The van der Waals surface area contributed by atoms with E-state index in [9.17, 15) is 4.79 Å². The molecular weight excluding hydrogens is 252 g/mol. The van der Waals surface area contributed by atoms with E-state index in [1.54, 1.807) is 0 Å². The first kappa shape index (κ1) is 17.3. The van der Waals surface area contributed by atoms with Gasteiger partial charge in [-0.15, -0.1) is 0 Å². The average Bonchev–Trinajstić information content (AvgIpc) is 2.35. The van der Waals surface area contributed by atoms with Crippen LogP contribution in [0.4, 0.5) is 4.79 Å². The highest BCUT2D eigenvalue weighted by Crippen LogP contribution is 2.19. The lowest BCUT2D eigenvalue weighted by Gasteiger charge is -2.34. The molecule has 118 valence electrons. The summed E-state index contributed by atoms with van der Waals surface area (Å²) >= 11 is 0. The monoisotopic (exact) mass is 284 g/mol. The highest BCUT2D eigenvalue weighted by molar-refractivity contribution is 5.68. The maximum Gasteiger partial charge on any atom is 0.410 e. The summed E-state index contributed by atoms with van der Waals surface area (Å²) in [5, 5.41) is 3.58. The van der Waals surface area contributed by atoms with Crippen molar-refractivity contribution in [1.82, 2.24) is 10.2 Å². The zero-order chi connectivity index (χ0) is 15.2. The van der Waals surface area contributed by atoms with Gasteiger partial charge in [-0.2, -0.15) is 0 Å². The Balaban J connectivity index is 2.36. The number of carbonyl (C=O) groups is 1. The molecule has 1 aliphatic heterocycles. The smallest absolute Gasteiger partial charge is 0.410 e. The molecule has 1 heterocycles. The van der Waals surface area contributed by atoms with Gasteiger partial charge in [-0.25, -0.2) is 4.79 Å². The standard InChI is InChI=1S/C16H32N2O2/c1-6-8-13(2)17-11-14-9-7-10-18(12-14)15(19)20-16(3,4)5/h13-14,17H,6-12H2,1-5H3. The number of piperidine rings is 1. The number of amides is 1. The van der Waals surface area contributed by atoms with Crippen LogP contribution in [0.5, 0.6) is 0 Å². The molecule has 1 aliphatic rings. The predicted molar refractivity (Wildman–Crippen MR) is 82.9 cm³/mol. The molecule has 0 aliphatic carbocycles. The Morgan fingerprint density at radius 1 is 1.45 bits per heavy atom. The first-order chi connectivity index (χ1) is 9.31. The van der Waals surface area contributed by atoms with Crippen LogP contribution in [0.3, 0.4) is 0 Å².